The van der Waals surface area contributed by atoms with Crippen LogP contribution in [0.15, 0.2) is 30.3 Å². The highest BCUT2D eigenvalue weighted by atomic mass is 16.5. The number of ether oxygens (including phenoxy) is 1. The molecule has 5 heteroatoms. The first kappa shape index (κ1) is 16.0. The largest absolute Gasteiger partial charge is 0.486 e. The zero-order valence-corrected chi connectivity index (χ0v) is 14.0. The minimum absolute atomic E-state index is 0.217. The molecule has 2 N–H and O–H groups in total. The Kier molecular flexibility index (Phi) is 3.36. The minimum Gasteiger partial charge on any atom is -0.486 e. The summed E-state index contributed by atoms with van der Waals surface area (Å²) >= 11 is 0. The van der Waals surface area contributed by atoms with E-state index in [9.17, 15) is 19.8 Å². The van der Waals surface area contributed by atoms with Crippen LogP contribution in [0.3, 0.4) is 0 Å². The number of hydrogen-bond acceptors (Lipinski definition) is 5. The number of hydrogen-bond donors (Lipinski definition) is 2. The SMILES string of the molecule is CC(C)(O)[C@H]1Cc2c(c(CO)cc3c2C(=O)c2ccccc2C3=O)O1. The highest BCUT2D eigenvalue weighted by molar-refractivity contribution is 6.29. The summed E-state index contributed by atoms with van der Waals surface area (Å²) in [6.45, 7) is 2.96. The molecule has 0 amide bonds. The molecular formula is C20H18O5. The summed E-state index contributed by atoms with van der Waals surface area (Å²) < 4.78 is 5.86. The average Bonchev–Trinajstić information content (AvgIpc) is 3.04. The number of aliphatic hydroxyl groups is 2. The smallest absolute Gasteiger partial charge is 0.194 e. The van der Waals surface area contributed by atoms with E-state index >= 15 is 0 Å². The molecule has 5 nitrogen and oxygen atoms in total. The molecule has 0 unspecified atom stereocenters. The molecule has 25 heavy (non-hydrogen) atoms. The Morgan fingerprint density at radius 2 is 1.76 bits per heavy atom. The van der Waals surface area contributed by atoms with Gasteiger partial charge in [0.25, 0.3) is 0 Å². The van der Waals surface area contributed by atoms with Crippen LogP contribution in [0, 0.1) is 0 Å². The molecule has 0 fully saturated rings. The van der Waals surface area contributed by atoms with E-state index in [4.69, 9.17) is 4.74 Å². The van der Waals surface area contributed by atoms with E-state index in [1.165, 1.54) is 6.07 Å². The second kappa shape index (κ2) is 5.25. The van der Waals surface area contributed by atoms with Crippen molar-refractivity contribution in [1.29, 1.82) is 0 Å². The van der Waals surface area contributed by atoms with E-state index < -0.39 is 11.7 Å². The predicted octanol–water partition coefficient (Wildman–Crippen LogP) is 2.03. The third kappa shape index (κ3) is 2.23. The summed E-state index contributed by atoms with van der Waals surface area (Å²) in [6, 6.07) is 8.28. The molecule has 0 bridgehead atoms. The number of aliphatic hydroxyl groups excluding tert-OH is 1. The van der Waals surface area contributed by atoms with E-state index in [2.05, 4.69) is 0 Å². The first-order valence-corrected chi connectivity index (χ1v) is 8.20. The Bertz CT molecular complexity index is 920. The zero-order chi connectivity index (χ0) is 17.9. The predicted molar refractivity (Wildman–Crippen MR) is 90.1 cm³/mol. The number of benzene rings is 2. The first-order chi connectivity index (χ1) is 11.8. The molecule has 2 aromatic rings. The number of fused-ring (bicyclic) bond motifs is 4. The van der Waals surface area contributed by atoms with Gasteiger partial charge in [-0.2, -0.15) is 0 Å². The van der Waals surface area contributed by atoms with Gasteiger partial charge >= 0.3 is 0 Å². The summed E-state index contributed by atoms with van der Waals surface area (Å²) in [6.07, 6.45) is -0.227. The standard InChI is InChI=1S/C20H18O5/c1-20(2,24)15-8-14-16-13(7-10(9-21)19(14)25-15)17(22)11-5-3-4-6-12(11)18(16)23/h3-7,15,21,24H,8-9H2,1-2H3/t15-/m1/s1. The molecule has 0 spiro atoms. The van der Waals surface area contributed by atoms with Crippen molar-refractivity contribution >= 4 is 11.6 Å². The van der Waals surface area contributed by atoms with Crippen molar-refractivity contribution in [2.24, 2.45) is 0 Å². The highest BCUT2D eigenvalue weighted by Gasteiger charge is 2.41. The van der Waals surface area contributed by atoms with Gasteiger partial charge in [-0.25, -0.2) is 0 Å². The summed E-state index contributed by atoms with van der Waals surface area (Å²) in [5.74, 6) is -0.0331. The van der Waals surface area contributed by atoms with Crippen LogP contribution in [-0.4, -0.2) is 33.5 Å². The lowest BCUT2D eigenvalue weighted by Gasteiger charge is -2.24. The Morgan fingerprint density at radius 3 is 2.36 bits per heavy atom. The van der Waals surface area contributed by atoms with E-state index in [1.54, 1.807) is 38.1 Å². The van der Waals surface area contributed by atoms with Crippen LogP contribution in [-0.2, 0) is 13.0 Å². The van der Waals surface area contributed by atoms with Gasteiger partial charge in [-0.3, -0.25) is 9.59 Å². The third-order valence-corrected chi connectivity index (χ3v) is 4.95. The van der Waals surface area contributed by atoms with E-state index in [0.717, 1.165) is 0 Å². The number of carbonyl (C=O) groups excluding carboxylic acids is 2. The van der Waals surface area contributed by atoms with Crippen molar-refractivity contribution in [3.05, 3.63) is 63.7 Å². The molecule has 1 aliphatic carbocycles. The maximum atomic E-state index is 13.0. The first-order valence-electron chi connectivity index (χ1n) is 8.20. The molecular weight excluding hydrogens is 320 g/mol. The fourth-order valence-electron chi connectivity index (χ4n) is 3.60. The lowest BCUT2D eigenvalue weighted by atomic mass is 9.79. The Morgan fingerprint density at radius 1 is 1.12 bits per heavy atom. The maximum Gasteiger partial charge on any atom is 0.194 e. The molecule has 1 atom stereocenters. The summed E-state index contributed by atoms with van der Waals surface area (Å²) in [7, 11) is 0. The fourth-order valence-corrected chi connectivity index (χ4v) is 3.60. The van der Waals surface area contributed by atoms with Gasteiger partial charge in [-0.15, -0.1) is 0 Å². The maximum absolute atomic E-state index is 13.0. The van der Waals surface area contributed by atoms with Gasteiger partial charge < -0.3 is 14.9 Å². The summed E-state index contributed by atoms with van der Waals surface area (Å²) in [5.41, 5.74) is 1.34. The Labute approximate surface area is 144 Å². The Balaban J connectivity index is 1.96. The number of rotatable bonds is 2. The third-order valence-electron chi connectivity index (χ3n) is 4.95. The summed E-state index contributed by atoms with van der Waals surface area (Å²) in [4.78, 5) is 25.9. The second-order valence-electron chi connectivity index (χ2n) is 7.09. The van der Waals surface area contributed by atoms with Crippen molar-refractivity contribution in [2.45, 2.75) is 38.6 Å². The monoisotopic (exact) mass is 338 g/mol. The van der Waals surface area contributed by atoms with Gasteiger partial charge in [0, 0.05) is 39.8 Å². The van der Waals surface area contributed by atoms with Crippen LogP contribution >= 0.6 is 0 Å². The van der Waals surface area contributed by atoms with Crippen molar-refractivity contribution in [2.75, 3.05) is 0 Å². The average molecular weight is 338 g/mol. The lowest BCUT2D eigenvalue weighted by molar-refractivity contribution is -0.0235. The molecule has 2 aliphatic rings. The van der Waals surface area contributed by atoms with Gasteiger partial charge in [-0.05, 0) is 19.9 Å². The molecule has 0 saturated carbocycles. The molecule has 128 valence electrons. The molecule has 4 rings (SSSR count). The lowest BCUT2D eigenvalue weighted by Crippen LogP contribution is -2.39. The topological polar surface area (TPSA) is 83.8 Å². The molecule has 0 aromatic heterocycles. The zero-order valence-electron chi connectivity index (χ0n) is 14.0. The van der Waals surface area contributed by atoms with Crippen LogP contribution < -0.4 is 4.74 Å². The summed E-state index contributed by atoms with van der Waals surface area (Å²) in [5, 5.41) is 20.0. The normalized spacial score (nSPS) is 18.5. The van der Waals surface area contributed by atoms with Crippen LogP contribution in [0.1, 0.15) is 56.8 Å². The quantitative estimate of drug-likeness (QED) is 0.747. The van der Waals surface area contributed by atoms with Gasteiger partial charge in [0.15, 0.2) is 11.6 Å². The fraction of sp³-hybridized carbons (Fsp3) is 0.300. The van der Waals surface area contributed by atoms with E-state index in [1.807, 2.05) is 0 Å². The van der Waals surface area contributed by atoms with Crippen molar-refractivity contribution in [3.63, 3.8) is 0 Å². The molecule has 1 aliphatic heterocycles. The van der Waals surface area contributed by atoms with E-state index in [-0.39, 0.29) is 18.2 Å². The van der Waals surface area contributed by atoms with Gasteiger partial charge in [0.05, 0.1) is 12.2 Å². The number of ketones is 2. The highest BCUT2D eigenvalue weighted by Crippen LogP contribution is 2.43. The van der Waals surface area contributed by atoms with Crippen LogP contribution in [0.2, 0.25) is 0 Å². The minimum atomic E-state index is -1.11. The van der Waals surface area contributed by atoms with Crippen molar-refractivity contribution in [1.82, 2.24) is 0 Å². The van der Waals surface area contributed by atoms with Crippen molar-refractivity contribution < 1.29 is 24.5 Å². The second-order valence-corrected chi connectivity index (χ2v) is 7.09. The molecule has 0 saturated heterocycles. The van der Waals surface area contributed by atoms with Gasteiger partial charge in [0.1, 0.15) is 11.9 Å². The number of carbonyl (C=O) groups is 2. The van der Waals surface area contributed by atoms with Crippen molar-refractivity contribution in [3.8, 4) is 5.75 Å². The Hall–Kier alpha value is -2.50. The van der Waals surface area contributed by atoms with E-state index in [0.29, 0.717) is 45.6 Å². The molecule has 1 heterocycles. The van der Waals surface area contributed by atoms with Gasteiger partial charge in [0.2, 0.25) is 0 Å². The van der Waals surface area contributed by atoms with Crippen LogP contribution in [0.4, 0.5) is 0 Å². The molecule has 0 radical (unpaired) electrons. The van der Waals surface area contributed by atoms with Crippen LogP contribution in [0.5, 0.6) is 5.75 Å². The molecule has 2 aromatic carbocycles. The van der Waals surface area contributed by atoms with Crippen LogP contribution in [0.25, 0.3) is 0 Å². The van der Waals surface area contributed by atoms with Gasteiger partial charge in [-0.1, -0.05) is 24.3 Å².